The van der Waals surface area contributed by atoms with Crippen molar-refractivity contribution in [3.8, 4) is 30.6 Å². The smallest absolute Gasteiger partial charge is 0.460 e. The highest BCUT2D eigenvalue weighted by Gasteiger charge is 2.90. The second-order valence-corrected chi connectivity index (χ2v) is 28.8. The Kier molecular flexibility index (Phi) is 20.6. The van der Waals surface area contributed by atoms with Crippen LogP contribution < -0.4 is 0 Å². The van der Waals surface area contributed by atoms with Gasteiger partial charge in [0.2, 0.25) is 0 Å². The van der Waals surface area contributed by atoms with Gasteiger partial charge in [-0.05, 0) is 71.9 Å². The SMILES string of the molecule is CC.CCCCC(CC)Cc1ccc(-c2c3cc(C(C)(C)C)sc3c(-c3ccc(CC(CC)CCCC)s3)c3cc(-c4sc(C(C)(C)C)c5c(F)c(C(=O)OCCC(F)(F)C(F)(F)C(F)(F)C(F)(F)C(F)(F)C(F)(F)F)sc45)sc23)s1. The minimum atomic E-state index is -8.07. The Balaban J connectivity index is 0.00000522. The molecule has 450 valence electrons. The summed E-state index contributed by atoms with van der Waals surface area (Å²) in [4.78, 5) is 20.2. The van der Waals surface area contributed by atoms with Crippen LogP contribution in [0.5, 0.6) is 0 Å². The average Bonchev–Trinajstić information content (AvgIpc) is 4.47. The lowest BCUT2D eigenvalue weighted by atomic mass is 9.92. The van der Waals surface area contributed by atoms with Crippen molar-refractivity contribution in [1.29, 1.82) is 0 Å². The van der Waals surface area contributed by atoms with Crippen LogP contribution in [-0.2, 0) is 28.4 Å². The van der Waals surface area contributed by atoms with E-state index in [1.54, 1.807) is 54.8 Å². The van der Waals surface area contributed by atoms with E-state index < -0.39 is 70.9 Å². The number of ether oxygens (including phenoxy) is 1. The maximum Gasteiger partial charge on any atom is 0.460 e. The molecule has 22 heteroatoms. The van der Waals surface area contributed by atoms with Crippen LogP contribution in [0.25, 0.3) is 60.9 Å². The van der Waals surface area contributed by atoms with Gasteiger partial charge in [-0.1, -0.05) is 134 Å². The Morgan fingerprint density at radius 3 is 1.49 bits per heavy atom. The van der Waals surface area contributed by atoms with E-state index in [4.69, 9.17) is 0 Å². The van der Waals surface area contributed by atoms with E-state index in [0.717, 1.165) is 105 Å². The summed E-state index contributed by atoms with van der Waals surface area (Å²) in [5.41, 5.74) is 1.08. The molecule has 0 aliphatic carbocycles. The molecule has 7 aromatic rings. The van der Waals surface area contributed by atoms with E-state index in [0.29, 0.717) is 37.8 Å². The van der Waals surface area contributed by atoms with Crippen LogP contribution >= 0.6 is 68.0 Å². The number of carbonyl (C=O) groups is 1. The molecule has 0 radical (unpaired) electrons. The number of thiophene rings is 6. The number of benzene rings is 1. The van der Waals surface area contributed by atoms with Gasteiger partial charge in [-0.15, -0.1) is 68.0 Å². The van der Waals surface area contributed by atoms with Crippen molar-refractivity contribution in [1.82, 2.24) is 0 Å². The Bertz CT molecular complexity index is 3170. The van der Waals surface area contributed by atoms with E-state index in [1.807, 2.05) is 13.8 Å². The summed E-state index contributed by atoms with van der Waals surface area (Å²) in [5.74, 6) is -39.9. The lowest BCUT2D eigenvalue weighted by molar-refractivity contribution is -0.440. The largest absolute Gasteiger partial charge is 0.461 e. The molecule has 2 nitrogen and oxygen atoms in total. The number of rotatable bonds is 23. The third kappa shape index (κ3) is 12.8. The molecule has 0 aliphatic rings. The van der Waals surface area contributed by atoms with Gasteiger partial charge in [-0.3, -0.25) is 0 Å². The van der Waals surface area contributed by atoms with Gasteiger partial charge in [0.05, 0.1) is 22.6 Å². The molecule has 81 heavy (non-hydrogen) atoms. The minimum Gasteiger partial charge on any atom is -0.461 e. The van der Waals surface area contributed by atoms with Crippen molar-refractivity contribution in [2.75, 3.05) is 6.61 Å². The van der Waals surface area contributed by atoms with E-state index in [2.05, 4.69) is 89.6 Å². The van der Waals surface area contributed by atoms with Gasteiger partial charge in [0.25, 0.3) is 0 Å². The van der Waals surface area contributed by atoms with Crippen molar-refractivity contribution in [3.63, 3.8) is 0 Å². The van der Waals surface area contributed by atoms with Crippen LogP contribution in [0.3, 0.4) is 0 Å². The summed E-state index contributed by atoms with van der Waals surface area (Å²) in [7, 11) is 0. The van der Waals surface area contributed by atoms with Crippen LogP contribution in [0, 0.1) is 17.7 Å². The van der Waals surface area contributed by atoms with Gasteiger partial charge in [-0.2, -0.15) is 57.1 Å². The number of fused-ring (bicyclic) bond motifs is 3. The maximum absolute atomic E-state index is 16.9. The molecular formula is C59H68F14O2S6. The summed E-state index contributed by atoms with van der Waals surface area (Å²) in [6.45, 7) is 22.7. The first-order chi connectivity index (χ1) is 37.5. The fourth-order valence-electron chi connectivity index (χ4n) is 9.53. The van der Waals surface area contributed by atoms with Crippen molar-refractivity contribution >= 4 is 104 Å². The van der Waals surface area contributed by atoms with Crippen molar-refractivity contribution in [3.05, 3.63) is 66.6 Å². The monoisotopic (exact) mass is 1270 g/mol. The zero-order chi connectivity index (χ0) is 60.8. The van der Waals surface area contributed by atoms with E-state index in [9.17, 15) is 61.9 Å². The van der Waals surface area contributed by atoms with Gasteiger partial charge < -0.3 is 4.74 Å². The number of hydrogen-bond donors (Lipinski definition) is 0. The highest BCUT2D eigenvalue weighted by Crippen LogP contribution is 2.62. The molecule has 7 rings (SSSR count). The van der Waals surface area contributed by atoms with Gasteiger partial charge in [0.15, 0.2) is 5.82 Å². The molecule has 0 spiro atoms. The third-order valence-electron chi connectivity index (χ3n) is 14.3. The fourth-order valence-corrected chi connectivity index (χ4v) is 17.3. The summed E-state index contributed by atoms with van der Waals surface area (Å²) in [6.07, 6.45) is 0.353. The average molecular weight is 1270 g/mol. The van der Waals surface area contributed by atoms with E-state index in [-0.39, 0.29) is 15.5 Å². The van der Waals surface area contributed by atoms with E-state index >= 15 is 4.39 Å². The summed E-state index contributed by atoms with van der Waals surface area (Å²) < 4.78 is 204. The minimum absolute atomic E-state index is 0.0321. The van der Waals surface area contributed by atoms with Crippen molar-refractivity contribution in [2.24, 2.45) is 11.8 Å². The molecule has 0 amide bonds. The second kappa shape index (κ2) is 25.0. The number of alkyl halides is 13. The number of unbranched alkanes of at least 4 members (excludes halogenated alkanes) is 2. The summed E-state index contributed by atoms with van der Waals surface area (Å²) in [6, 6.07) is 13.1. The summed E-state index contributed by atoms with van der Waals surface area (Å²) in [5, 5.41) is 2.00. The maximum atomic E-state index is 16.9. The van der Waals surface area contributed by atoms with Crippen LogP contribution in [0.4, 0.5) is 61.5 Å². The van der Waals surface area contributed by atoms with Gasteiger partial charge in [0, 0.05) is 70.8 Å². The first-order valence-electron chi connectivity index (χ1n) is 27.1. The molecular weight excluding hydrogens is 1200 g/mol. The van der Waals surface area contributed by atoms with E-state index in [1.165, 1.54) is 37.3 Å². The van der Waals surface area contributed by atoms with Crippen LogP contribution in [-0.4, -0.2) is 48.4 Å². The lowest BCUT2D eigenvalue weighted by Gasteiger charge is -2.39. The third-order valence-corrected chi connectivity index (χ3v) is 22.4. The van der Waals surface area contributed by atoms with Gasteiger partial charge in [0.1, 0.15) is 4.88 Å². The van der Waals surface area contributed by atoms with Crippen molar-refractivity contribution in [2.45, 2.75) is 200 Å². The standard InChI is InChI=1S/C57H62F14O2S6.C2H6/c1-11-15-17-29(13-3)25-31-19-21-35(74-31)39-33-27-37(76-43(33)40(34-28-38(50(5,6)7)77-44(34)39)36-22-20-32(75-36)26-30(14-4)18-16-12-2)45-46-41(48(79-45)51(8,9)10)42(58)47(78-46)49(72)73-24-23-52(59,60)53(61,62)54(63,64)55(65,66)56(67,68)57(69,70)71;1-2/h19-22,27-30H,11-18,23-26H2,1-10H3;1-2H3. The van der Waals surface area contributed by atoms with Gasteiger partial charge in [-0.25, -0.2) is 9.18 Å². The van der Waals surface area contributed by atoms with Crippen LogP contribution in [0.2, 0.25) is 0 Å². The molecule has 0 saturated carbocycles. The number of carbonyl (C=O) groups excluding carboxylic acids is 1. The Morgan fingerprint density at radius 2 is 1.04 bits per heavy atom. The topological polar surface area (TPSA) is 26.3 Å². The highest BCUT2D eigenvalue weighted by atomic mass is 32.1. The number of esters is 1. The molecule has 0 aliphatic heterocycles. The zero-order valence-corrected chi connectivity index (χ0v) is 52.1. The molecule has 2 atom stereocenters. The lowest BCUT2D eigenvalue weighted by Crippen LogP contribution is -2.70. The Morgan fingerprint density at radius 1 is 0.556 bits per heavy atom. The molecule has 0 fully saturated rings. The first kappa shape index (κ1) is 66.8. The molecule has 0 saturated heterocycles. The molecule has 6 aromatic heterocycles. The zero-order valence-electron chi connectivity index (χ0n) is 47.2. The number of halogens is 14. The Labute approximate surface area is 488 Å². The number of hydrogen-bond acceptors (Lipinski definition) is 8. The molecule has 6 heterocycles. The van der Waals surface area contributed by atoms with Crippen LogP contribution in [0.15, 0.2) is 36.4 Å². The second-order valence-electron chi connectivity index (χ2n) is 22.3. The molecule has 0 bridgehead atoms. The molecule has 2 unspecified atom stereocenters. The fraction of sp³-hybridized carbons (Fsp3) is 0.576. The first-order valence-corrected chi connectivity index (χ1v) is 32.0. The van der Waals surface area contributed by atoms with Crippen LogP contribution in [0.1, 0.15) is 170 Å². The Hall–Kier alpha value is -3.31. The molecule has 1 aromatic carbocycles. The molecule has 0 N–H and O–H groups in total. The quantitative estimate of drug-likeness (QED) is 0.0471. The van der Waals surface area contributed by atoms with Crippen molar-refractivity contribution < 1.29 is 71.0 Å². The predicted octanol–water partition coefficient (Wildman–Crippen LogP) is 24.1. The normalized spacial score (nSPS) is 14.3. The highest BCUT2D eigenvalue weighted by molar-refractivity contribution is 7.32. The summed E-state index contributed by atoms with van der Waals surface area (Å²) >= 11 is 8.56. The predicted molar refractivity (Wildman–Crippen MR) is 311 cm³/mol. The van der Waals surface area contributed by atoms with Gasteiger partial charge >= 0.3 is 41.8 Å².